The standard InChI is InChI=1S/C16H29N3O/c1-13-6-11-18(12-7-13)16(20)19-10-2-3-15(19)14-4-8-17-9-5-14/h13-15,17H,2-12H2,1H3. The molecule has 0 radical (unpaired) electrons. The fraction of sp³-hybridized carbons (Fsp3) is 0.938. The summed E-state index contributed by atoms with van der Waals surface area (Å²) in [5.74, 6) is 1.52. The van der Waals surface area contributed by atoms with Gasteiger partial charge in [0.25, 0.3) is 0 Å². The van der Waals surface area contributed by atoms with Gasteiger partial charge < -0.3 is 15.1 Å². The number of amides is 2. The maximum Gasteiger partial charge on any atom is 0.320 e. The lowest BCUT2D eigenvalue weighted by Crippen LogP contribution is -2.51. The minimum absolute atomic E-state index is 0.331. The molecule has 20 heavy (non-hydrogen) atoms. The average Bonchev–Trinajstić information content (AvgIpc) is 2.97. The van der Waals surface area contributed by atoms with Crippen molar-refractivity contribution in [3.8, 4) is 0 Å². The van der Waals surface area contributed by atoms with Gasteiger partial charge >= 0.3 is 6.03 Å². The molecule has 4 heteroatoms. The molecule has 2 amide bonds. The monoisotopic (exact) mass is 279 g/mol. The van der Waals surface area contributed by atoms with Crippen molar-refractivity contribution in [1.82, 2.24) is 15.1 Å². The number of carbonyl (C=O) groups excluding carboxylic acids is 1. The van der Waals surface area contributed by atoms with Crippen molar-refractivity contribution in [3.05, 3.63) is 0 Å². The summed E-state index contributed by atoms with van der Waals surface area (Å²) in [6.07, 6.45) is 7.26. The van der Waals surface area contributed by atoms with Crippen LogP contribution in [-0.2, 0) is 0 Å². The molecule has 1 N–H and O–H groups in total. The third-order valence-corrected chi connectivity index (χ3v) is 5.53. The highest BCUT2D eigenvalue weighted by Crippen LogP contribution is 2.31. The summed E-state index contributed by atoms with van der Waals surface area (Å²) in [5.41, 5.74) is 0. The molecular formula is C16H29N3O. The minimum atomic E-state index is 0.331. The summed E-state index contributed by atoms with van der Waals surface area (Å²) in [6.45, 7) is 7.48. The summed E-state index contributed by atoms with van der Waals surface area (Å²) in [6, 6.07) is 0.849. The molecule has 0 aliphatic carbocycles. The molecule has 0 aromatic heterocycles. The van der Waals surface area contributed by atoms with Crippen LogP contribution in [0.15, 0.2) is 0 Å². The maximum absolute atomic E-state index is 12.8. The predicted octanol–water partition coefficient (Wildman–Crippen LogP) is 2.30. The zero-order valence-electron chi connectivity index (χ0n) is 12.8. The van der Waals surface area contributed by atoms with Crippen molar-refractivity contribution in [2.75, 3.05) is 32.7 Å². The van der Waals surface area contributed by atoms with Crippen molar-refractivity contribution in [2.45, 2.75) is 51.5 Å². The number of carbonyl (C=O) groups is 1. The third kappa shape index (κ3) is 2.95. The van der Waals surface area contributed by atoms with Gasteiger partial charge in [-0.05, 0) is 63.5 Å². The Morgan fingerprint density at radius 2 is 1.70 bits per heavy atom. The van der Waals surface area contributed by atoms with E-state index in [-0.39, 0.29) is 0 Å². The topological polar surface area (TPSA) is 35.6 Å². The molecule has 0 saturated carbocycles. The van der Waals surface area contributed by atoms with Gasteiger partial charge in [-0.3, -0.25) is 0 Å². The van der Waals surface area contributed by atoms with Gasteiger partial charge in [-0.25, -0.2) is 4.79 Å². The summed E-state index contributed by atoms with van der Waals surface area (Å²) in [5, 5.41) is 3.44. The van der Waals surface area contributed by atoms with Crippen molar-refractivity contribution < 1.29 is 4.79 Å². The van der Waals surface area contributed by atoms with E-state index in [1.807, 2.05) is 0 Å². The summed E-state index contributed by atoms with van der Waals surface area (Å²) < 4.78 is 0. The smallest absolute Gasteiger partial charge is 0.320 e. The molecule has 0 spiro atoms. The van der Waals surface area contributed by atoms with Gasteiger partial charge in [-0.15, -0.1) is 0 Å². The Hall–Kier alpha value is -0.770. The normalized spacial score (nSPS) is 29.9. The molecule has 0 bridgehead atoms. The highest BCUT2D eigenvalue weighted by atomic mass is 16.2. The Bertz CT molecular complexity index is 333. The Kier molecular flexibility index (Phi) is 4.49. The highest BCUT2D eigenvalue weighted by molar-refractivity contribution is 5.75. The number of nitrogens with one attached hydrogen (secondary N) is 1. The molecule has 4 nitrogen and oxygen atoms in total. The third-order valence-electron chi connectivity index (χ3n) is 5.53. The van der Waals surface area contributed by atoms with Gasteiger partial charge in [-0.1, -0.05) is 6.92 Å². The second kappa shape index (κ2) is 6.33. The van der Waals surface area contributed by atoms with Crippen LogP contribution in [-0.4, -0.2) is 54.6 Å². The van der Waals surface area contributed by atoms with Crippen molar-refractivity contribution >= 4 is 6.03 Å². The van der Waals surface area contributed by atoms with Crippen molar-refractivity contribution in [3.63, 3.8) is 0 Å². The fourth-order valence-electron chi connectivity index (χ4n) is 4.13. The van der Waals surface area contributed by atoms with Crippen LogP contribution in [0, 0.1) is 11.8 Å². The number of urea groups is 1. The lowest BCUT2D eigenvalue weighted by atomic mass is 9.89. The Labute approximate surface area is 122 Å². The summed E-state index contributed by atoms with van der Waals surface area (Å²) >= 11 is 0. The first-order chi connectivity index (χ1) is 9.75. The molecule has 114 valence electrons. The maximum atomic E-state index is 12.8. The molecule has 3 fully saturated rings. The molecule has 3 aliphatic rings. The molecular weight excluding hydrogens is 250 g/mol. The SMILES string of the molecule is CC1CCN(C(=O)N2CCCC2C2CCNCC2)CC1. The van der Waals surface area contributed by atoms with E-state index >= 15 is 0 Å². The van der Waals surface area contributed by atoms with Gasteiger partial charge in [-0.2, -0.15) is 0 Å². The number of likely N-dealkylation sites (tertiary alicyclic amines) is 2. The van der Waals surface area contributed by atoms with Crippen LogP contribution in [0.5, 0.6) is 0 Å². The fourth-order valence-corrected chi connectivity index (χ4v) is 4.13. The number of hydrogen-bond donors (Lipinski definition) is 1. The van der Waals surface area contributed by atoms with E-state index in [0.717, 1.165) is 44.6 Å². The van der Waals surface area contributed by atoms with E-state index in [4.69, 9.17) is 0 Å². The van der Waals surface area contributed by atoms with E-state index in [9.17, 15) is 4.79 Å². The molecule has 0 aromatic rings. The lowest BCUT2D eigenvalue weighted by molar-refractivity contribution is 0.112. The quantitative estimate of drug-likeness (QED) is 0.799. The van der Waals surface area contributed by atoms with Crippen LogP contribution in [0.2, 0.25) is 0 Å². The van der Waals surface area contributed by atoms with Crippen molar-refractivity contribution in [1.29, 1.82) is 0 Å². The Morgan fingerprint density at radius 3 is 2.40 bits per heavy atom. The van der Waals surface area contributed by atoms with Crippen LogP contribution in [0.25, 0.3) is 0 Å². The Balaban J connectivity index is 1.60. The zero-order chi connectivity index (χ0) is 13.9. The average molecular weight is 279 g/mol. The van der Waals surface area contributed by atoms with Crippen molar-refractivity contribution in [2.24, 2.45) is 11.8 Å². The summed E-state index contributed by atoms with van der Waals surface area (Å²) in [7, 11) is 0. The molecule has 3 heterocycles. The molecule has 3 saturated heterocycles. The van der Waals surface area contributed by atoms with Crippen LogP contribution < -0.4 is 5.32 Å². The first-order valence-electron chi connectivity index (χ1n) is 8.52. The van der Waals surface area contributed by atoms with Crippen LogP contribution >= 0.6 is 0 Å². The molecule has 3 rings (SSSR count). The van der Waals surface area contributed by atoms with Gasteiger partial charge in [0.2, 0.25) is 0 Å². The predicted molar refractivity (Wildman–Crippen MR) is 80.7 cm³/mol. The number of rotatable bonds is 1. The number of nitrogens with zero attached hydrogens (tertiary/aromatic N) is 2. The number of hydrogen-bond acceptors (Lipinski definition) is 2. The lowest BCUT2D eigenvalue weighted by Gasteiger charge is -2.39. The highest BCUT2D eigenvalue weighted by Gasteiger charge is 2.37. The molecule has 0 aromatic carbocycles. The Morgan fingerprint density at radius 1 is 1.00 bits per heavy atom. The van der Waals surface area contributed by atoms with Gasteiger partial charge in [0.15, 0.2) is 0 Å². The van der Waals surface area contributed by atoms with Gasteiger partial charge in [0.1, 0.15) is 0 Å². The van der Waals surface area contributed by atoms with E-state index in [2.05, 4.69) is 22.0 Å². The van der Waals surface area contributed by atoms with Crippen LogP contribution in [0.4, 0.5) is 4.79 Å². The summed E-state index contributed by atoms with van der Waals surface area (Å²) in [4.78, 5) is 17.1. The molecule has 1 unspecified atom stereocenters. The van der Waals surface area contributed by atoms with Crippen LogP contribution in [0.1, 0.15) is 45.4 Å². The second-order valence-electron chi connectivity index (χ2n) is 6.94. The number of piperidine rings is 2. The zero-order valence-corrected chi connectivity index (χ0v) is 12.8. The van der Waals surface area contributed by atoms with E-state index in [0.29, 0.717) is 12.1 Å². The minimum Gasteiger partial charge on any atom is -0.325 e. The largest absolute Gasteiger partial charge is 0.325 e. The molecule has 1 atom stereocenters. The van der Waals surface area contributed by atoms with Crippen LogP contribution in [0.3, 0.4) is 0 Å². The van der Waals surface area contributed by atoms with Gasteiger partial charge in [0, 0.05) is 25.7 Å². The van der Waals surface area contributed by atoms with E-state index in [1.54, 1.807) is 0 Å². The molecule has 3 aliphatic heterocycles. The van der Waals surface area contributed by atoms with E-state index in [1.165, 1.54) is 38.5 Å². The first-order valence-corrected chi connectivity index (χ1v) is 8.52. The second-order valence-corrected chi connectivity index (χ2v) is 6.94. The van der Waals surface area contributed by atoms with Gasteiger partial charge in [0.05, 0.1) is 0 Å². The first kappa shape index (κ1) is 14.2. The van der Waals surface area contributed by atoms with E-state index < -0.39 is 0 Å².